The second-order valence-electron chi connectivity index (χ2n) is 6.03. The first-order valence-electron chi connectivity index (χ1n) is 7.74. The average Bonchev–Trinajstić information content (AvgIpc) is 2.59. The van der Waals surface area contributed by atoms with E-state index in [0.29, 0.717) is 10.4 Å². The minimum Gasteiger partial charge on any atom is -0.376 e. The number of para-hydroxylation sites is 1. The van der Waals surface area contributed by atoms with E-state index in [2.05, 4.69) is 4.98 Å². The summed E-state index contributed by atoms with van der Waals surface area (Å²) >= 11 is 11.9. The van der Waals surface area contributed by atoms with Gasteiger partial charge in [-0.3, -0.25) is 4.98 Å². The zero-order valence-electron chi connectivity index (χ0n) is 13.6. The molecule has 0 bridgehead atoms. The van der Waals surface area contributed by atoms with Crippen LogP contribution in [-0.4, -0.2) is 16.3 Å². The molecular formula is C19H14Cl2F3NO. The highest BCUT2D eigenvalue weighted by atomic mass is 35.5. The Morgan fingerprint density at radius 2 is 1.73 bits per heavy atom. The number of pyridine rings is 1. The number of aliphatic hydroxyl groups is 1. The van der Waals surface area contributed by atoms with Gasteiger partial charge in [0, 0.05) is 33.1 Å². The van der Waals surface area contributed by atoms with E-state index >= 15 is 0 Å². The number of hydrogen-bond acceptors (Lipinski definition) is 2. The highest BCUT2D eigenvalue weighted by Gasteiger charge is 2.59. The topological polar surface area (TPSA) is 33.1 Å². The monoisotopic (exact) mass is 399 g/mol. The third-order valence-corrected chi connectivity index (χ3v) is 5.09. The second-order valence-corrected chi connectivity index (χ2v) is 6.88. The van der Waals surface area contributed by atoms with E-state index in [1.54, 1.807) is 18.2 Å². The maximum absolute atomic E-state index is 14.1. The Bertz CT molecular complexity index is 956. The summed E-state index contributed by atoms with van der Waals surface area (Å²) in [5, 5.41) is 11.8. The molecule has 0 fully saturated rings. The lowest BCUT2D eigenvalue weighted by Crippen LogP contribution is -2.46. The van der Waals surface area contributed by atoms with E-state index < -0.39 is 17.7 Å². The lowest BCUT2D eigenvalue weighted by molar-refractivity contribution is -0.274. The first kappa shape index (κ1) is 19.0. The molecule has 0 aliphatic rings. The van der Waals surface area contributed by atoms with Crippen LogP contribution in [-0.2, 0) is 5.60 Å². The van der Waals surface area contributed by atoms with Gasteiger partial charge in [-0.1, -0.05) is 60.5 Å². The largest absolute Gasteiger partial charge is 0.422 e. The smallest absolute Gasteiger partial charge is 0.376 e. The van der Waals surface area contributed by atoms with Crippen LogP contribution in [0.1, 0.15) is 24.0 Å². The molecule has 1 heterocycles. The molecule has 2 aromatic carbocycles. The molecule has 1 N–H and O–H groups in total. The van der Waals surface area contributed by atoms with Crippen molar-refractivity contribution in [2.45, 2.75) is 24.6 Å². The summed E-state index contributed by atoms with van der Waals surface area (Å²) in [5.74, 6) is -1.39. The molecule has 0 amide bonds. The lowest BCUT2D eigenvalue weighted by atomic mass is 9.77. The van der Waals surface area contributed by atoms with Crippen molar-refractivity contribution in [2.24, 2.45) is 0 Å². The molecule has 2 nitrogen and oxygen atoms in total. The van der Waals surface area contributed by atoms with Crippen LogP contribution in [0.2, 0.25) is 10.0 Å². The van der Waals surface area contributed by atoms with Gasteiger partial charge in [0.15, 0.2) is 5.60 Å². The zero-order chi connectivity index (χ0) is 19.1. The minimum atomic E-state index is -4.96. The molecule has 136 valence electrons. The van der Waals surface area contributed by atoms with Crippen molar-refractivity contribution in [1.29, 1.82) is 0 Å². The molecule has 0 saturated heterocycles. The Kier molecular flexibility index (Phi) is 4.90. The van der Waals surface area contributed by atoms with Gasteiger partial charge in [-0.05, 0) is 23.8 Å². The molecule has 0 radical (unpaired) electrons. The number of benzene rings is 2. The van der Waals surface area contributed by atoms with Crippen LogP contribution in [0.3, 0.4) is 0 Å². The van der Waals surface area contributed by atoms with Crippen LogP contribution >= 0.6 is 23.2 Å². The molecule has 0 aliphatic heterocycles. The first-order valence-corrected chi connectivity index (χ1v) is 8.50. The van der Waals surface area contributed by atoms with Gasteiger partial charge in [-0.2, -0.15) is 13.2 Å². The van der Waals surface area contributed by atoms with Crippen LogP contribution in [0.5, 0.6) is 0 Å². The van der Waals surface area contributed by atoms with Gasteiger partial charge in [0.2, 0.25) is 0 Å². The van der Waals surface area contributed by atoms with Gasteiger partial charge < -0.3 is 5.11 Å². The summed E-state index contributed by atoms with van der Waals surface area (Å²) in [6.07, 6.45) is -3.57. The summed E-state index contributed by atoms with van der Waals surface area (Å²) in [4.78, 5) is 4.06. The fourth-order valence-electron chi connectivity index (χ4n) is 3.12. The SMILES string of the molecule is CC(c1ccc(Cl)cc1Cl)C(O)(c1cccc2cccnc12)C(F)(F)F. The number of aromatic nitrogens is 1. The first-order chi connectivity index (χ1) is 12.2. The van der Waals surface area contributed by atoms with Gasteiger partial charge >= 0.3 is 6.18 Å². The fraction of sp³-hybridized carbons (Fsp3) is 0.211. The summed E-state index contributed by atoms with van der Waals surface area (Å²) in [7, 11) is 0. The van der Waals surface area contributed by atoms with Crippen molar-refractivity contribution < 1.29 is 18.3 Å². The van der Waals surface area contributed by atoms with Gasteiger partial charge in [-0.15, -0.1) is 0 Å². The summed E-state index contributed by atoms with van der Waals surface area (Å²) in [6.45, 7) is 1.28. The van der Waals surface area contributed by atoms with Crippen LogP contribution in [0.15, 0.2) is 54.7 Å². The number of halogens is 5. The molecule has 2 unspecified atom stereocenters. The number of hydrogen-bond donors (Lipinski definition) is 1. The minimum absolute atomic E-state index is 0.0564. The molecule has 7 heteroatoms. The van der Waals surface area contributed by atoms with Gasteiger partial charge in [0.05, 0.1) is 5.52 Å². The van der Waals surface area contributed by atoms with Crippen LogP contribution in [0.25, 0.3) is 10.9 Å². The van der Waals surface area contributed by atoms with Crippen molar-refractivity contribution in [2.75, 3.05) is 0 Å². The van der Waals surface area contributed by atoms with E-state index in [-0.39, 0.29) is 21.7 Å². The molecule has 3 rings (SSSR count). The van der Waals surface area contributed by atoms with Gasteiger partial charge in [-0.25, -0.2) is 0 Å². The van der Waals surface area contributed by atoms with Gasteiger partial charge in [0.1, 0.15) is 0 Å². The Morgan fingerprint density at radius 1 is 1.04 bits per heavy atom. The third kappa shape index (κ3) is 3.04. The van der Waals surface area contributed by atoms with Crippen molar-refractivity contribution in [3.8, 4) is 0 Å². The summed E-state index contributed by atoms with van der Waals surface area (Å²) in [5.41, 5.74) is -3.27. The Morgan fingerprint density at radius 3 is 2.38 bits per heavy atom. The Labute approximate surface area is 158 Å². The van der Waals surface area contributed by atoms with E-state index in [1.165, 1.54) is 43.5 Å². The number of nitrogens with zero attached hydrogens (tertiary/aromatic N) is 1. The molecule has 0 spiro atoms. The number of alkyl halides is 3. The van der Waals surface area contributed by atoms with Crippen molar-refractivity contribution in [1.82, 2.24) is 4.98 Å². The van der Waals surface area contributed by atoms with E-state index in [9.17, 15) is 18.3 Å². The Hall–Kier alpha value is -1.82. The predicted octanol–water partition coefficient (Wildman–Crippen LogP) is 6.10. The molecular weight excluding hydrogens is 386 g/mol. The lowest BCUT2D eigenvalue weighted by Gasteiger charge is -2.37. The Balaban J connectivity index is 2.28. The van der Waals surface area contributed by atoms with E-state index in [0.717, 1.165) is 0 Å². The summed E-state index contributed by atoms with van der Waals surface area (Å²) < 4.78 is 42.4. The van der Waals surface area contributed by atoms with Crippen LogP contribution in [0, 0.1) is 0 Å². The fourth-order valence-corrected chi connectivity index (χ4v) is 3.69. The van der Waals surface area contributed by atoms with E-state index in [1.807, 2.05) is 0 Å². The molecule has 3 aromatic rings. The number of rotatable bonds is 3. The quantitative estimate of drug-likeness (QED) is 0.577. The summed E-state index contributed by atoms with van der Waals surface area (Å²) in [6, 6.07) is 11.8. The van der Waals surface area contributed by atoms with Crippen molar-refractivity contribution in [3.05, 3.63) is 75.9 Å². The maximum Gasteiger partial charge on any atom is 0.422 e. The average molecular weight is 400 g/mol. The highest BCUT2D eigenvalue weighted by Crippen LogP contribution is 2.51. The van der Waals surface area contributed by atoms with Crippen LogP contribution < -0.4 is 0 Å². The normalized spacial score (nSPS) is 15.7. The number of fused-ring (bicyclic) bond motifs is 1. The van der Waals surface area contributed by atoms with Crippen molar-refractivity contribution in [3.63, 3.8) is 0 Å². The maximum atomic E-state index is 14.1. The van der Waals surface area contributed by atoms with Crippen LogP contribution in [0.4, 0.5) is 13.2 Å². The highest BCUT2D eigenvalue weighted by molar-refractivity contribution is 6.35. The third-order valence-electron chi connectivity index (χ3n) is 4.53. The van der Waals surface area contributed by atoms with Gasteiger partial charge in [0.25, 0.3) is 0 Å². The van der Waals surface area contributed by atoms with Crippen molar-refractivity contribution >= 4 is 34.1 Å². The molecule has 0 saturated carbocycles. The molecule has 26 heavy (non-hydrogen) atoms. The predicted molar refractivity (Wildman–Crippen MR) is 96.6 cm³/mol. The standard InChI is InChI=1S/C19H14Cl2F3NO/c1-11(14-8-7-13(20)10-16(14)21)18(26,19(22,23)24)15-6-2-4-12-5-3-9-25-17(12)15/h2-11,26H,1H3. The molecule has 1 aromatic heterocycles. The zero-order valence-corrected chi connectivity index (χ0v) is 15.1. The molecule has 2 atom stereocenters. The van der Waals surface area contributed by atoms with E-state index in [4.69, 9.17) is 23.2 Å². The second kappa shape index (κ2) is 6.72. The molecule has 0 aliphatic carbocycles.